The minimum Gasteiger partial charge on any atom is -0.495 e. The van der Waals surface area contributed by atoms with Crippen molar-refractivity contribution in [2.75, 3.05) is 24.3 Å². The molecule has 32 heavy (non-hydrogen) atoms. The average molecular weight is 457 g/mol. The van der Waals surface area contributed by atoms with Gasteiger partial charge in [-0.15, -0.1) is 0 Å². The van der Waals surface area contributed by atoms with Gasteiger partial charge in [-0.3, -0.25) is 19.6 Å². The summed E-state index contributed by atoms with van der Waals surface area (Å²) in [6.07, 6.45) is 0. The number of anilines is 2. The highest BCUT2D eigenvalue weighted by Crippen LogP contribution is 2.30. The van der Waals surface area contributed by atoms with Crippen LogP contribution in [-0.4, -0.2) is 33.5 Å². The van der Waals surface area contributed by atoms with Crippen LogP contribution < -0.4 is 19.5 Å². The third-order valence-corrected chi connectivity index (χ3v) is 5.79. The molecular formula is C21H19N3O7S. The summed E-state index contributed by atoms with van der Waals surface area (Å²) in [5, 5.41) is 13.9. The zero-order valence-electron chi connectivity index (χ0n) is 17.1. The lowest BCUT2D eigenvalue weighted by molar-refractivity contribution is -0.386. The van der Waals surface area contributed by atoms with Gasteiger partial charge in [0, 0.05) is 17.3 Å². The van der Waals surface area contributed by atoms with Crippen molar-refractivity contribution < 1.29 is 27.6 Å². The molecule has 0 aromatic heterocycles. The Morgan fingerprint density at radius 1 is 0.938 bits per heavy atom. The number of para-hydroxylation sites is 2. The Morgan fingerprint density at radius 3 is 2.22 bits per heavy atom. The summed E-state index contributed by atoms with van der Waals surface area (Å²) >= 11 is 0. The van der Waals surface area contributed by atoms with Gasteiger partial charge in [-0.05, 0) is 48.5 Å². The molecule has 166 valence electrons. The van der Waals surface area contributed by atoms with Crippen LogP contribution in [0.5, 0.6) is 11.5 Å². The number of hydrogen-bond acceptors (Lipinski definition) is 7. The number of carbonyl (C=O) groups excluding carboxylic acids is 1. The lowest BCUT2D eigenvalue weighted by Crippen LogP contribution is -2.15. The maximum atomic E-state index is 12.6. The third-order valence-electron chi connectivity index (χ3n) is 4.41. The number of methoxy groups -OCH3 is 2. The van der Waals surface area contributed by atoms with E-state index < -0.39 is 26.5 Å². The number of nitro groups is 1. The smallest absolute Gasteiger partial charge is 0.312 e. The van der Waals surface area contributed by atoms with Gasteiger partial charge in [-0.2, -0.15) is 0 Å². The van der Waals surface area contributed by atoms with Crippen LogP contribution >= 0.6 is 0 Å². The van der Waals surface area contributed by atoms with Gasteiger partial charge in [0.1, 0.15) is 5.75 Å². The number of nitro benzene ring substituents is 1. The average Bonchev–Trinajstić information content (AvgIpc) is 2.79. The molecule has 0 aliphatic rings. The first-order chi connectivity index (χ1) is 15.2. The fourth-order valence-corrected chi connectivity index (χ4v) is 3.90. The number of rotatable bonds is 8. The van der Waals surface area contributed by atoms with Crippen molar-refractivity contribution in [1.82, 2.24) is 0 Å². The highest BCUT2D eigenvalue weighted by molar-refractivity contribution is 7.92. The van der Waals surface area contributed by atoms with Crippen LogP contribution in [0.15, 0.2) is 71.6 Å². The van der Waals surface area contributed by atoms with Crippen molar-refractivity contribution in [2.24, 2.45) is 0 Å². The van der Waals surface area contributed by atoms with Crippen molar-refractivity contribution in [2.45, 2.75) is 4.90 Å². The summed E-state index contributed by atoms with van der Waals surface area (Å²) in [5.74, 6) is 0.0351. The normalized spacial score (nSPS) is 10.8. The number of nitrogens with one attached hydrogen (secondary N) is 2. The molecule has 2 N–H and O–H groups in total. The summed E-state index contributed by atoms with van der Waals surface area (Å²) < 4.78 is 37.7. The third kappa shape index (κ3) is 4.95. The fraction of sp³-hybridized carbons (Fsp3) is 0.0952. The lowest BCUT2D eigenvalue weighted by Gasteiger charge is -2.11. The summed E-state index contributed by atoms with van der Waals surface area (Å²) in [5.41, 5.74) is 0.487. The summed E-state index contributed by atoms with van der Waals surface area (Å²) in [7, 11) is -1.37. The molecule has 0 unspecified atom stereocenters. The van der Waals surface area contributed by atoms with E-state index in [0.717, 1.165) is 6.07 Å². The quantitative estimate of drug-likeness (QED) is 0.389. The largest absolute Gasteiger partial charge is 0.495 e. The van der Waals surface area contributed by atoms with E-state index in [0.29, 0.717) is 17.0 Å². The van der Waals surface area contributed by atoms with Gasteiger partial charge in [-0.25, -0.2) is 8.42 Å². The first kappa shape index (κ1) is 22.6. The SMILES string of the molecule is COc1ccccc1NC(=O)c1ccc(NS(=O)(=O)c2ccc(OC)c([N+](=O)[O-])c2)cc1. The maximum absolute atomic E-state index is 12.6. The van der Waals surface area contributed by atoms with Gasteiger partial charge < -0.3 is 14.8 Å². The van der Waals surface area contributed by atoms with Crippen molar-refractivity contribution in [3.05, 3.63) is 82.4 Å². The van der Waals surface area contributed by atoms with Crippen LogP contribution in [-0.2, 0) is 10.0 Å². The number of nitrogens with zero attached hydrogens (tertiary/aromatic N) is 1. The maximum Gasteiger partial charge on any atom is 0.312 e. The Kier molecular flexibility index (Phi) is 6.59. The standard InChI is InChI=1S/C21H19N3O7S/c1-30-19-6-4-3-5-17(19)22-21(25)14-7-9-15(10-8-14)23-32(28,29)16-11-12-20(31-2)18(13-16)24(26)27/h3-13,23H,1-2H3,(H,22,25). The molecule has 0 atom stereocenters. The Labute approximate surface area is 184 Å². The topological polar surface area (TPSA) is 137 Å². The predicted molar refractivity (Wildman–Crippen MR) is 118 cm³/mol. The molecule has 3 rings (SSSR count). The van der Waals surface area contributed by atoms with E-state index in [2.05, 4.69) is 10.0 Å². The van der Waals surface area contributed by atoms with Gasteiger partial charge in [0.25, 0.3) is 15.9 Å². The van der Waals surface area contributed by atoms with Crippen LogP contribution in [0.3, 0.4) is 0 Å². The number of carbonyl (C=O) groups is 1. The van der Waals surface area contributed by atoms with E-state index in [-0.39, 0.29) is 16.3 Å². The molecule has 3 aromatic rings. The van der Waals surface area contributed by atoms with Gasteiger partial charge in [0.05, 0.1) is 29.7 Å². The summed E-state index contributed by atoms with van der Waals surface area (Å²) in [4.78, 5) is 22.6. The van der Waals surface area contributed by atoms with Crippen molar-refractivity contribution in [1.29, 1.82) is 0 Å². The Bertz CT molecular complexity index is 1260. The van der Waals surface area contributed by atoms with Crippen molar-refractivity contribution in [3.63, 3.8) is 0 Å². The molecule has 0 aliphatic carbocycles. The molecule has 0 aliphatic heterocycles. The number of amides is 1. The number of sulfonamides is 1. The van der Waals surface area contributed by atoms with Crippen LogP contribution in [0.4, 0.5) is 17.1 Å². The number of hydrogen-bond donors (Lipinski definition) is 2. The van der Waals surface area contributed by atoms with Gasteiger partial charge in [0.2, 0.25) is 0 Å². The molecule has 0 fully saturated rings. The van der Waals surface area contributed by atoms with E-state index in [1.807, 2.05) is 0 Å². The van der Waals surface area contributed by atoms with E-state index >= 15 is 0 Å². The molecule has 1 amide bonds. The first-order valence-corrected chi connectivity index (χ1v) is 10.6. The molecular weight excluding hydrogens is 438 g/mol. The minimum atomic E-state index is -4.11. The lowest BCUT2D eigenvalue weighted by atomic mass is 10.2. The molecule has 0 bridgehead atoms. The second-order valence-corrected chi connectivity index (χ2v) is 8.11. The van der Waals surface area contributed by atoms with Gasteiger partial charge >= 0.3 is 5.69 Å². The zero-order chi connectivity index (χ0) is 23.3. The summed E-state index contributed by atoms with van der Waals surface area (Å²) in [6, 6.07) is 15.9. The monoisotopic (exact) mass is 457 g/mol. The summed E-state index contributed by atoms with van der Waals surface area (Å²) in [6.45, 7) is 0. The van der Waals surface area contributed by atoms with E-state index in [1.54, 1.807) is 24.3 Å². The van der Waals surface area contributed by atoms with Gasteiger partial charge in [-0.1, -0.05) is 12.1 Å². The molecule has 10 nitrogen and oxygen atoms in total. The predicted octanol–water partition coefficient (Wildman–Crippen LogP) is 3.67. The number of ether oxygens (including phenoxy) is 2. The zero-order valence-corrected chi connectivity index (χ0v) is 17.9. The molecule has 0 heterocycles. The van der Waals surface area contributed by atoms with Crippen molar-refractivity contribution in [3.8, 4) is 11.5 Å². The molecule has 3 aromatic carbocycles. The number of benzene rings is 3. The van der Waals surface area contributed by atoms with Crippen LogP contribution in [0.2, 0.25) is 0 Å². The molecule has 0 spiro atoms. The van der Waals surface area contributed by atoms with E-state index in [9.17, 15) is 23.3 Å². The van der Waals surface area contributed by atoms with Crippen LogP contribution in [0.1, 0.15) is 10.4 Å². The molecule has 11 heteroatoms. The minimum absolute atomic E-state index is 0.0561. The van der Waals surface area contributed by atoms with Crippen LogP contribution in [0.25, 0.3) is 0 Å². The van der Waals surface area contributed by atoms with Crippen LogP contribution in [0, 0.1) is 10.1 Å². The Morgan fingerprint density at radius 2 is 1.59 bits per heavy atom. The van der Waals surface area contributed by atoms with Gasteiger partial charge in [0.15, 0.2) is 5.75 Å². The fourth-order valence-electron chi connectivity index (χ4n) is 2.83. The molecule has 0 saturated carbocycles. The highest BCUT2D eigenvalue weighted by Gasteiger charge is 2.22. The Hall–Kier alpha value is -4.12. The van der Waals surface area contributed by atoms with E-state index in [1.165, 1.54) is 50.6 Å². The highest BCUT2D eigenvalue weighted by atomic mass is 32.2. The Balaban J connectivity index is 1.77. The van der Waals surface area contributed by atoms with E-state index in [4.69, 9.17) is 9.47 Å². The molecule has 0 radical (unpaired) electrons. The molecule has 0 saturated heterocycles. The van der Waals surface area contributed by atoms with Crippen molar-refractivity contribution >= 4 is 33.0 Å². The second kappa shape index (κ2) is 9.35. The first-order valence-electron chi connectivity index (χ1n) is 9.15. The second-order valence-electron chi connectivity index (χ2n) is 6.43.